The summed E-state index contributed by atoms with van der Waals surface area (Å²) in [5.74, 6) is 0.841. The van der Waals surface area contributed by atoms with Crippen LogP contribution >= 0.6 is 12.2 Å². The van der Waals surface area contributed by atoms with E-state index in [9.17, 15) is 0 Å². The van der Waals surface area contributed by atoms with Gasteiger partial charge in [-0.05, 0) is 86.2 Å². The maximum absolute atomic E-state index is 5.84. The first kappa shape index (κ1) is 22.1. The zero-order valence-electron chi connectivity index (χ0n) is 19.5. The lowest BCUT2D eigenvalue weighted by Gasteiger charge is -2.28. The average molecular weight is 470 g/mol. The molecule has 5 rings (SSSR count). The molecule has 0 spiro atoms. The Morgan fingerprint density at radius 2 is 1.71 bits per heavy atom. The lowest BCUT2D eigenvalue weighted by atomic mass is 9.96. The van der Waals surface area contributed by atoms with Gasteiger partial charge in [0.25, 0.3) is 0 Å². The van der Waals surface area contributed by atoms with Gasteiger partial charge in [0.05, 0.1) is 37.1 Å². The van der Waals surface area contributed by atoms with Crippen LogP contribution in [0.15, 0.2) is 79.1 Å². The van der Waals surface area contributed by atoms with Gasteiger partial charge in [-0.25, -0.2) is 0 Å². The Labute approximate surface area is 205 Å². The van der Waals surface area contributed by atoms with Gasteiger partial charge in [0.15, 0.2) is 5.11 Å². The van der Waals surface area contributed by atoms with Crippen LogP contribution in [0.3, 0.4) is 0 Å². The number of aromatic nitrogens is 3. The lowest BCUT2D eigenvalue weighted by molar-refractivity contribution is 0.307. The number of thiocarbonyl (C=S) groups is 1. The van der Waals surface area contributed by atoms with E-state index in [4.69, 9.17) is 17.0 Å². The SMILES string of the molecule is COc1ccc(-n2c(C)cc([C@H]3[C@H](c4ccccn4)NC(=S)N3Cc3ccccn3)c2C)cc1. The van der Waals surface area contributed by atoms with Gasteiger partial charge < -0.3 is 19.5 Å². The molecule has 0 unspecified atom stereocenters. The third-order valence-corrected chi connectivity index (χ3v) is 6.73. The highest BCUT2D eigenvalue weighted by molar-refractivity contribution is 7.80. The van der Waals surface area contributed by atoms with E-state index in [1.165, 1.54) is 11.3 Å². The highest BCUT2D eigenvalue weighted by Gasteiger charge is 2.41. The molecule has 1 N–H and O–H groups in total. The molecule has 1 saturated heterocycles. The molecular formula is C27H27N5OS. The summed E-state index contributed by atoms with van der Waals surface area (Å²) >= 11 is 5.84. The largest absolute Gasteiger partial charge is 0.497 e. The van der Waals surface area contributed by atoms with Crippen LogP contribution in [0, 0.1) is 13.8 Å². The predicted molar refractivity (Wildman–Crippen MR) is 137 cm³/mol. The molecule has 7 heteroatoms. The molecule has 4 heterocycles. The maximum atomic E-state index is 5.84. The number of methoxy groups -OCH3 is 1. The zero-order chi connectivity index (χ0) is 23.7. The van der Waals surface area contributed by atoms with E-state index >= 15 is 0 Å². The van der Waals surface area contributed by atoms with Gasteiger partial charge in [0.1, 0.15) is 5.75 Å². The summed E-state index contributed by atoms with van der Waals surface area (Å²) in [6.45, 7) is 4.93. The molecule has 1 fully saturated rings. The number of nitrogens with zero attached hydrogens (tertiary/aromatic N) is 4. The van der Waals surface area contributed by atoms with E-state index in [0.717, 1.165) is 28.5 Å². The normalized spacial score (nSPS) is 17.6. The topological polar surface area (TPSA) is 55.2 Å². The molecule has 2 atom stereocenters. The Hall–Kier alpha value is -3.71. The summed E-state index contributed by atoms with van der Waals surface area (Å²) < 4.78 is 7.63. The second kappa shape index (κ2) is 9.27. The van der Waals surface area contributed by atoms with Gasteiger partial charge in [-0.2, -0.15) is 0 Å². The monoisotopic (exact) mass is 469 g/mol. The number of rotatable bonds is 6. The van der Waals surface area contributed by atoms with Crippen molar-refractivity contribution in [3.8, 4) is 11.4 Å². The van der Waals surface area contributed by atoms with E-state index in [0.29, 0.717) is 11.7 Å². The van der Waals surface area contributed by atoms with Crippen molar-refractivity contribution in [1.82, 2.24) is 24.8 Å². The summed E-state index contributed by atoms with van der Waals surface area (Å²) in [6, 6.07) is 22.3. The molecule has 1 aromatic carbocycles. The third kappa shape index (κ3) is 4.03. The number of hydrogen-bond donors (Lipinski definition) is 1. The first-order chi connectivity index (χ1) is 16.6. The Morgan fingerprint density at radius 1 is 0.971 bits per heavy atom. The highest BCUT2D eigenvalue weighted by Crippen LogP contribution is 2.42. The van der Waals surface area contributed by atoms with Crippen molar-refractivity contribution in [2.75, 3.05) is 7.11 Å². The number of ether oxygens (including phenoxy) is 1. The van der Waals surface area contributed by atoms with Crippen LogP contribution in [-0.2, 0) is 6.54 Å². The third-order valence-electron chi connectivity index (χ3n) is 6.38. The van der Waals surface area contributed by atoms with Crippen LogP contribution in [0.1, 0.15) is 40.4 Å². The summed E-state index contributed by atoms with van der Waals surface area (Å²) in [5.41, 5.74) is 6.59. The van der Waals surface area contributed by atoms with E-state index in [1.54, 1.807) is 7.11 Å². The van der Waals surface area contributed by atoms with Gasteiger partial charge in [0, 0.05) is 29.5 Å². The van der Waals surface area contributed by atoms with Gasteiger partial charge in [-0.15, -0.1) is 0 Å². The number of aryl methyl sites for hydroxylation is 1. The highest BCUT2D eigenvalue weighted by atomic mass is 32.1. The molecule has 172 valence electrons. The fraction of sp³-hybridized carbons (Fsp3) is 0.222. The van der Waals surface area contributed by atoms with E-state index in [-0.39, 0.29) is 12.1 Å². The molecular weight excluding hydrogens is 442 g/mol. The summed E-state index contributed by atoms with van der Waals surface area (Å²) in [5, 5.41) is 4.25. The standard InChI is InChI=1S/C27H27N5OS/c1-18-16-23(19(2)32(18)21-10-12-22(33-3)13-11-21)26-25(24-9-5-7-15-29-24)30-27(34)31(26)17-20-8-4-6-14-28-20/h4-16,25-26H,17H2,1-3H3,(H,30,34)/t25-,26-/m0/s1. The fourth-order valence-corrected chi connectivity index (χ4v) is 5.10. The number of hydrogen-bond acceptors (Lipinski definition) is 4. The zero-order valence-corrected chi connectivity index (χ0v) is 20.3. The van der Waals surface area contributed by atoms with Crippen molar-refractivity contribution in [2.45, 2.75) is 32.5 Å². The number of pyridine rings is 2. The second-order valence-electron chi connectivity index (χ2n) is 8.44. The van der Waals surface area contributed by atoms with Crippen molar-refractivity contribution in [3.63, 3.8) is 0 Å². The minimum Gasteiger partial charge on any atom is -0.497 e. The van der Waals surface area contributed by atoms with Crippen LogP contribution in [0.4, 0.5) is 0 Å². The van der Waals surface area contributed by atoms with Crippen molar-refractivity contribution in [3.05, 3.63) is 107 Å². The van der Waals surface area contributed by atoms with E-state index in [2.05, 4.69) is 62.9 Å². The van der Waals surface area contributed by atoms with Gasteiger partial charge in [-0.1, -0.05) is 12.1 Å². The molecule has 0 radical (unpaired) electrons. The number of benzene rings is 1. The Bertz CT molecular complexity index is 1290. The van der Waals surface area contributed by atoms with Crippen molar-refractivity contribution in [1.29, 1.82) is 0 Å². The second-order valence-corrected chi connectivity index (χ2v) is 8.82. The lowest BCUT2D eigenvalue weighted by Crippen LogP contribution is -2.29. The predicted octanol–water partition coefficient (Wildman–Crippen LogP) is 5.07. The Morgan fingerprint density at radius 3 is 2.35 bits per heavy atom. The van der Waals surface area contributed by atoms with Gasteiger partial charge in [-0.3, -0.25) is 9.97 Å². The van der Waals surface area contributed by atoms with Crippen LogP contribution in [0.2, 0.25) is 0 Å². The van der Waals surface area contributed by atoms with Gasteiger partial charge in [0.2, 0.25) is 0 Å². The van der Waals surface area contributed by atoms with Gasteiger partial charge >= 0.3 is 0 Å². The van der Waals surface area contributed by atoms with E-state index in [1.807, 2.05) is 54.9 Å². The Balaban J connectivity index is 1.60. The van der Waals surface area contributed by atoms with E-state index < -0.39 is 0 Å². The first-order valence-electron chi connectivity index (χ1n) is 11.3. The quantitative estimate of drug-likeness (QED) is 0.398. The smallest absolute Gasteiger partial charge is 0.170 e. The summed E-state index contributed by atoms with van der Waals surface area (Å²) in [4.78, 5) is 11.4. The average Bonchev–Trinajstić information content (AvgIpc) is 3.35. The van der Waals surface area contributed by atoms with Crippen LogP contribution in [0.5, 0.6) is 5.75 Å². The number of nitrogens with one attached hydrogen (secondary N) is 1. The molecule has 0 bridgehead atoms. The fourth-order valence-electron chi connectivity index (χ4n) is 4.80. The molecule has 1 aliphatic rings. The first-order valence-corrected chi connectivity index (χ1v) is 11.7. The molecule has 34 heavy (non-hydrogen) atoms. The van der Waals surface area contributed by atoms with Crippen LogP contribution in [0.25, 0.3) is 5.69 Å². The minimum atomic E-state index is -0.0674. The molecule has 0 saturated carbocycles. The molecule has 6 nitrogen and oxygen atoms in total. The van der Waals surface area contributed by atoms with Crippen molar-refractivity contribution in [2.24, 2.45) is 0 Å². The van der Waals surface area contributed by atoms with Crippen LogP contribution in [-0.4, -0.2) is 31.7 Å². The minimum absolute atomic E-state index is 0.0254. The molecule has 0 amide bonds. The maximum Gasteiger partial charge on any atom is 0.170 e. The molecule has 1 aliphatic heterocycles. The van der Waals surface area contributed by atoms with Crippen molar-refractivity contribution < 1.29 is 4.74 Å². The summed E-state index contributed by atoms with van der Waals surface area (Å²) in [6.07, 6.45) is 3.65. The van der Waals surface area contributed by atoms with Crippen LogP contribution < -0.4 is 10.1 Å². The summed E-state index contributed by atoms with van der Waals surface area (Å²) in [7, 11) is 1.68. The Kier molecular flexibility index (Phi) is 6.02. The molecule has 0 aliphatic carbocycles. The van der Waals surface area contributed by atoms with Crippen molar-refractivity contribution >= 4 is 17.3 Å². The molecule has 3 aromatic heterocycles. The molecule has 4 aromatic rings.